The number of hydrogen-bond donors (Lipinski definition) is 2. The molecule has 0 aliphatic carbocycles. The van der Waals surface area contributed by atoms with Gasteiger partial charge in [-0.1, -0.05) is 6.07 Å². The van der Waals surface area contributed by atoms with Crippen LogP contribution >= 0.6 is 11.3 Å². The average Bonchev–Trinajstić information content (AvgIpc) is 2.88. The van der Waals surface area contributed by atoms with E-state index in [0.29, 0.717) is 21.8 Å². The van der Waals surface area contributed by atoms with Crippen LogP contribution in [0.3, 0.4) is 0 Å². The lowest BCUT2D eigenvalue weighted by Gasteiger charge is -2.08. The van der Waals surface area contributed by atoms with Gasteiger partial charge in [-0.15, -0.1) is 11.3 Å². The van der Waals surface area contributed by atoms with Crippen molar-refractivity contribution in [2.75, 3.05) is 18.2 Å². The normalized spacial score (nSPS) is 10.1. The molecule has 0 saturated heterocycles. The maximum Gasteiger partial charge on any atom is 0.350 e. The Morgan fingerprint density at radius 1 is 1.30 bits per heavy atom. The number of nitrogens with two attached hydrogens (primary N) is 1. The van der Waals surface area contributed by atoms with E-state index < -0.39 is 5.97 Å². The Bertz CT molecular complexity index is 664. The van der Waals surface area contributed by atoms with Crippen LogP contribution in [0.1, 0.15) is 25.6 Å². The predicted octanol–water partition coefficient (Wildman–Crippen LogP) is 2.68. The fourth-order valence-electron chi connectivity index (χ4n) is 1.73. The van der Waals surface area contributed by atoms with Crippen LogP contribution in [0.5, 0.6) is 0 Å². The Balaban J connectivity index is 2.26. The van der Waals surface area contributed by atoms with Crippen molar-refractivity contribution in [2.45, 2.75) is 6.92 Å². The highest BCUT2D eigenvalue weighted by Crippen LogP contribution is 2.24. The van der Waals surface area contributed by atoms with Gasteiger partial charge in [0.05, 0.1) is 12.8 Å². The number of esters is 1. The van der Waals surface area contributed by atoms with Crippen LogP contribution in [0.2, 0.25) is 0 Å². The molecule has 0 radical (unpaired) electrons. The molecule has 1 amide bonds. The number of aryl methyl sites for hydroxylation is 1. The van der Waals surface area contributed by atoms with E-state index in [-0.39, 0.29) is 5.91 Å². The smallest absolute Gasteiger partial charge is 0.350 e. The van der Waals surface area contributed by atoms with Gasteiger partial charge in [0, 0.05) is 11.3 Å². The SMILES string of the molecule is COC(=O)c1sccc1NC(=O)c1cc(N)ccc1C. The van der Waals surface area contributed by atoms with Gasteiger partial charge in [-0.2, -0.15) is 0 Å². The molecule has 2 aromatic rings. The van der Waals surface area contributed by atoms with Gasteiger partial charge in [0.2, 0.25) is 0 Å². The van der Waals surface area contributed by atoms with E-state index in [4.69, 9.17) is 5.73 Å². The Labute approximate surface area is 120 Å². The maximum absolute atomic E-state index is 12.2. The van der Waals surface area contributed by atoms with Gasteiger partial charge in [-0.3, -0.25) is 4.79 Å². The monoisotopic (exact) mass is 290 g/mol. The number of anilines is 2. The molecule has 0 unspecified atom stereocenters. The minimum Gasteiger partial charge on any atom is -0.465 e. The lowest BCUT2D eigenvalue weighted by Crippen LogP contribution is -2.15. The van der Waals surface area contributed by atoms with Crippen molar-refractivity contribution in [2.24, 2.45) is 0 Å². The summed E-state index contributed by atoms with van der Waals surface area (Å²) in [7, 11) is 1.30. The van der Waals surface area contributed by atoms with Crippen LogP contribution in [0.25, 0.3) is 0 Å². The summed E-state index contributed by atoms with van der Waals surface area (Å²) in [6.07, 6.45) is 0. The highest BCUT2D eigenvalue weighted by atomic mass is 32.1. The van der Waals surface area contributed by atoms with Gasteiger partial charge in [0.1, 0.15) is 4.88 Å². The molecule has 0 spiro atoms. The fraction of sp³-hybridized carbons (Fsp3) is 0.143. The summed E-state index contributed by atoms with van der Waals surface area (Å²) in [6, 6.07) is 6.78. The van der Waals surface area contributed by atoms with Crippen LogP contribution in [0, 0.1) is 6.92 Å². The van der Waals surface area contributed by atoms with Crippen molar-refractivity contribution < 1.29 is 14.3 Å². The highest BCUT2D eigenvalue weighted by Gasteiger charge is 2.17. The Hall–Kier alpha value is -2.34. The number of nitrogen functional groups attached to an aromatic ring is 1. The molecule has 0 atom stereocenters. The van der Waals surface area contributed by atoms with E-state index in [1.54, 1.807) is 29.6 Å². The molecule has 1 aromatic heterocycles. The van der Waals surface area contributed by atoms with Crippen LogP contribution < -0.4 is 11.1 Å². The van der Waals surface area contributed by atoms with Gasteiger partial charge < -0.3 is 15.8 Å². The Morgan fingerprint density at radius 2 is 2.05 bits per heavy atom. The van der Waals surface area contributed by atoms with E-state index in [0.717, 1.165) is 5.56 Å². The van der Waals surface area contributed by atoms with Crippen LogP contribution in [0.4, 0.5) is 11.4 Å². The van der Waals surface area contributed by atoms with E-state index in [2.05, 4.69) is 10.1 Å². The second-order valence-corrected chi connectivity index (χ2v) is 5.10. The quantitative estimate of drug-likeness (QED) is 0.672. The van der Waals surface area contributed by atoms with Crippen molar-refractivity contribution in [1.29, 1.82) is 0 Å². The van der Waals surface area contributed by atoms with E-state index in [1.165, 1.54) is 18.4 Å². The van der Waals surface area contributed by atoms with Gasteiger partial charge >= 0.3 is 5.97 Å². The second-order valence-electron chi connectivity index (χ2n) is 4.18. The summed E-state index contributed by atoms with van der Waals surface area (Å²) >= 11 is 1.21. The third-order valence-electron chi connectivity index (χ3n) is 2.79. The van der Waals surface area contributed by atoms with Crippen molar-refractivity contribution in [1.82, 2.24) is 0 Å². The lowest BCUT2D eigenvalue weighted by atomic mass is 10.1. The zero-order valence-corrected chi connectivity index (χ0v) is 11.9. The maximum atomic E-state index is 12.2. The first-order chi connectivity index (χ1) is 9.52. The van der Waals surface area contributed by atoms with Crippen molar-refractivity contribution >= 4 is 34.6 Å². The number of ether oxygens (including phenoxy) is 1. The first kappa shape index (κ1) is 14.1. The van der Waals surface area contributed by atoms with Crippen molar-refractivity contribution in [3.05, 3.63) is 45.6 Å². The highest BCUT2D eigenvalue weighted by molar-refractivity contribution is 7.12. The number of methoxy groups -OCH3 is 1. The van der Waals surface area contributed by atoms with Crippen LogP contribution in [-0.4, -0.2) is 19.0 Å². The standard InChI is InChI=1S/C14H14N2O3S/c1-8-3-4-9(15)7-10(8)13(17)16-11-5-6-20-12(11)14(18)19-2/h3-7H,15H2,1-2H3,(H,16,17). The van der Waals surface area contributed by atoms with Crippen molar-refractivity contribution in [3.63, 3.8) is 0 Å². The predicted molar refractivity (Wildman–Crippen MR) is 79.2 cm³/mol. The molecule has 104 valence electrons. The fourth-order valence-corrected chi connectivity index (χ4v) is 2.50. The molecular formula is C14H14N2O3S. The summed E-state index contributed by atoms with van der Waals surface area (Å²) in [5.74, 6) is -0.780. The minimum absolute atomic E-state index is 0.307. The van der Waals surface area contributed by atoms with Gasteiger partial charge in [-0.25, -0.2) is 4.79 Å². The average molecular weight is 290 g/mol. The number of hydrogen-bond acceptors (Lipinski definition) is 5. The second kappa shape index (κ2) is 5.75. The summed E-state index contributed by atoms with van der Waals surface area (Å²) < 4.78 is 4.67. The van der Waals surface area contributed by atoms with Gasteiger partial charge in [0.15, 0.2) is 0 Å². The summed E-state index contributed by atoms with van der Waals surface area (Å²) in [5.41, 5.74) is 7.93. The molecule has 3 N–H and O–H groups in total. The first-order valence-corrected chi connectivity index (χ1v) is 6.74. The molecule has 0 saturated carbocycles. The molecule has 0 bridgehead atoms. The summed E-state index contributed by atoms with van der Waals surface area (Å²) in [5, 5.41) is 4.42. The summed E-state index contributed by atoms with van der Waals surface area (Å²) in [6.45, 7) is 1.82. The molecule has 6 heteroatoms. The largest absolute Gasteiger partial charge is 0.465 e. The number of thiophene rings is 1. The molecule has 2 rings (SSSR count). The molecule has 0 aliphatic heterocycles. The third kappa shape index (κ3) is 2.80. The summed E-state index contributed by atoms with van der Waals surface area (Å²) in [4.78, 5) is 24.1. The number of amides is 1. The molecule has 0 fully saturated rings. The van der Waals surface area contributed by atoms with E-state index in [1.807, 2.05) is 6.92 Å². The van der Waals surface area contributed by atoms with Crippen LogP contribution in [-0.2, 0) is 4.74 Å². The number of nitrogens with one attached hydrogen (secondary N) is 1. The third-order valence-corrected chi connectivity index (χ3v) is 3.68. The zero-order valence-electron chi connectivity index (χ0n) is 11.1. The molecule has 1 aromatic carbocycles. The number of rotatable bonds is 3. The van der Waals surface area contributed by atoms with Crippen molar-refractivity contribution in [3.8, 4) is 0 Å². The lowest BCUT2D eigenvalue weighted by molar-refractivity contribution is 0.0607. The first-order valence-electron chi connectivity index (χ1n) is 5.86. The minimum atomic E-state index is -0.473. The van der Waals surface area contributed by atoms with Crippen LogP contribution in [0.15, 0.2) is 29.6 Å². The van der Waals surface area contributed by atoms with E-state index in [9.17, 15) is 9.59 Å². The topological polar surface area (TPSA) is 81.4 Å². The Kier molecular flexibility index (Phi) is 4.05. The molecular weight excluding hydrogens is 276 g/mol. The number of carbonyl (C=O) groups is 2. The Morgan fingerprint density at radius 3 is 2.75 bits per heavy atom. The number of carbonyl (C=O) groups excluding carboxylic acids is 2. The number of benzene rings is 1. The van der Waals surface area contributed by atoms with E-state index >= 15 is 0 Å². The zero-order chi connectivity index (χ0) is 14.7. The molecule has 1 heterocycles. The molecule has 5 nitrogen and oxygen atoms in total. The van der Waals surface area contributed by atoms with Gasteiger partial charge in [0.25, 0.3) is 5.91 Å². The van der Waals surface area contributed by atoms with Gasteiger partial charge in [-0.05, 0) is 36.1 Å². The molecule has 0 aliphatic rings. The molecule has 20 heavy (non-hydrogen) atoms.